The van der Waals surface area contributed by atoms with E-state index in [1.54, 1.807) is 6.92 Å². The maximum absolute atomic E-state index is 10.5. The highest BCUT2D eigenvalue weighted by molar-refractivity contribution is 7.99. The van der Waals surface area contributed by atoms with Gasteiger partial charge in [0.25, 0.3) is 0 Å². The molecule has 1 rings (SSSR count). The fraction of sp³-hybridized carbons (Fsp3) is 0.417. The predicted octanol–water partition coefficient (Wildman–Crippen LogP) is 1.04. The standard InChI is InChI=1S/C12H17NO3S/c1-12(16,9-5-3-2-4-6-9)8-17-7-10(13)11(14)15/h2-6,10,16H,7-8,13H2,1H3,(H,14,15). The second-order valence-electron chi connectivity index (χ2n) is 4.10. The van der Waals surface area contributed by atoms with Crippen LogP contribution in [0.25, 0.3) is 0 Å². The molecule has 1 aromatic carbocycles. The Morgan fingerprint density at radius 3 is 2.59 bits per heavy atom. The lowest BCUT2D eigenvalue weighted by molar-refractivity contribution is -0.137. The van der Waals surface area contributed by atoms with Crippen LogP contribution in [0.15, 0.2) is 30.3 Å². The van der Waals surface area contributed by atoms with Gasteiger partial charge in [0.15, 0.2) is 0 Å². The van der Waals surface area contributed by atoms with E-state index in [4.69, 9.17) is 10.8 Å². The first-order valence-electron chi connectivity index (χ1n) is 5.27. The summed E-state index contributed by atoms with van der Waals surface area (Å²) in [6.45, 7) is 1.71. The Labute approximate surface area is 105 Å². The Morgan fingerprint density at radius 1 is 1.47 bits per heavy atom. The summed E-state index contributed by atoms with van der Waals surface area (Å²) >= 11 is 1.34. The van der Waals surface area contributed by atoms with Crippen LogP contribution >= 0.6 is 11.8 Å². The van der Waals surface area contributed by atoms with Crippen LogP contribution in [-0.4, -0.2) is 33.7 Å². The Bertz CT molecular complexity index is 367. The van der Waals surface area contributed by atoms with Crippen molar-refractivity contribution in [1.29, 1.82) is 0 Å². The molecule has 0 fully saturated rings. The summed E-state index contributed by atoms with van der Waals surface area (Å²) in [5, 5.41) is 18.9. The van der Waals surface area contributed by atoms with Gasteiger partial charge >= 0.3 is 5.97 Å². The summed E-state index contributed by atoms with van der Waals surface area (Å²) in [5.74, 6) is -0.312. The fourth-order valence-corrected chi connectivity index (χ4v) is 2.41. The maximum Gasteiger partial charge on any atom is 0.321 e. The number of hydrogen-bond acceptors (Lipinski definition) is 4. The van der Waals surface area contributed by atoms with E-state index in [1.807, 2.05) is 30.3 Å². The van der Waals surface area contributed by atoms with E-state index in [-0.39, 0.29) is 5.75 Å². The number of hydrogen-bond donors (Lipinski definition) is 3. The number of thioether (sulfide) groups is 1. The molecule has 0 aromatic heterocycles. The first-order chi connectivity index (χ1) is 7.93. The molecule has 0 aliphatic carbocycles. The van der Waals surface area contributed by atoms with E-state index in [0.717, 1.165) is 5.56 Å². The molecule has 4 nitrogen and oxygen atoms in total. The molecule has 0 aliphatic heterocycles. The molecule has 0 radical (unpaired) electrons. The van der Waals surface area contributed by atoms with Crippen LogP contribution in [0.3, 0.4) is 0 Å². The van der Waals surface area contributed by atoms with Crippen molar-refractivity contribution in [2.75, 3.05) is 11.5 Å². The number of aliphatic carboxylic acids is 1. The lowest BCUT2D eigenvalue weighted by Gasteiger charge is -2.23. The van der Waals surface area contributed by atoms with E-state index >= 15 is 0 Å². The van der Waals surface area contributed by atoms with Gasteiger partial charge in [0.2, 0.25) is 0 Å². The minimum atomic E-state index is -1.02. The van der Waals surface area contributed by atoms with Gasteiger partial charge in [-0.3, -0.25) is 4.79 Å². The minimum Gasteiger partial charge on any atom is -0.480 e. The molecule has 5 heteroatoms. The van der Waals surface area contributed by atoms with Gasteiger partial charge in [-0.05, 0) is 12.5 Å². The molecule has 0 saturated carbocycles. The largest absolute Gasteiger partial charge is 0.480 e. The molecule has 2 atom stereocenters. The number of carboxylic acid groups (broad SMARTS) is 1. The zero-order chi connectivity index (χ0) is 12.9. The molecule has 0 amide bonds. The zero-order valence-corrected chi connectivity index (χ0v) is 10.5. The highest BCUT2D eigenvalue weighted by Crippen LogP contribution is 2.24. The molecule has 0 saturated heterocycles. The molecule has 0 heterocycles. The Kier molecular flexibility index (Phi) is 4.99. The van der Waals surface area contributed by atoms with Gasteiger partial charge in [0.1, 0.15) is 6.04 Å². The van der Waals surface area contributed by atoms with Crippen molar-refractivity contribution >= 4 is 17.7 Å². The van der Waals surface area contributed by atoms with Crippen LogP contribution in [0.1, 0.15) is 12.5 Å². The zero-order valence-electron chi connectivity index (χ0n) is 9.67. The number of carbonyl (C=O) groups is 1. The topological polar surface area (TPSA) is 83.5 Å². The molecule has 0 bridgehead atoms. The fourth-order valence-electron chi connectivity index (χ4n) is 1.34. The first-order valence-corrected chi connectivity index (χ1v) is 6.43. The van der Waals surface area contributed by atoms with Crippen molar-refractivity contribution in [3.05, 3.63) is 35.9 Å². The second kappa shape index (κ2) is 6.05. The normalized spacial score (nSPS) is 16.2. The Morgan fingerprint density at radius 2 is 2.06 bits per heavy atom. The minimum absolute atomic E-state index is 0.290. The summed E-state index contributed by atoms with van der Waals surface area (Å²) < 4.78 is 0. The van der Waals surface area contributed by atoms with E-state index in [2.05, 4.69) is 0 Å². The predicted molar refractivity (Wildman–Crippen MR) is 68.9 cm³/mol. The maximum atomic E-state index is 10.5. The van der Waals surface area contributed by atoms with Gasteiger partial charge in [-0.15, -0.1) is 0 Å². The Hall–Kier alpha value is -1.04. The van der Waals surface area contributed by atoms with Crippen LogP contribution in [-0.2, 0) is 10.4 Å². The summed E-state index contributed by atoms with van der Waals surface area (Å²) in [7, 11) is 0. The average Bonchev–Trinajstić information content (AvgIpc) is 2.29. The Balaban J connectivity index is 2.48. The average molecular weight is 255 g/mol. The van der Waals surface area contributed by atoms with Gasteiger partial charge in [-0.25, -0.2) is 0 Å². The first kappa shape index (κ1) is 14.0. The second-order valence-corrected chi connectivity index (χ2v) is 5.13. The summed E-state index contributed by atoms with van der Waals surface area (Å²) in [6, 6.07) is 8.41. The highest BCUT2D eigenvalue weighted by atomic mass is 32.2. The van der Waals surface area contributed by atoms with Crippen LogP contribution in [0.4, 0.5) is 0 Å². The van der Waals surface area contributed by atoms with Crippen molar-refractivity contribution in [2.45, 2.75) is 18.6 Å². The van der Waals surface area contributed by atoms with Crippen LogP contribution < -0.4 is 5.73 Å². The monoisotopic (exact) mass is 255 g/mol. The molecule has 94 valence electrons. The van der Waals surface area contributed by atoms with E-state index in [0.29, 0.717) is 5.75 Å². The van der Waals surface area contributed by atoms with Gasteiger partial charge < -0.3 is 15.9 Å². The number of nitrogens with two attached hydrogens (primary N) is 1. The van der Waals surface area contributed by atoms with Crippen LogP contribution in [0.5, 0.6) is 0 Å². The summed E-state index contributed by atoms with van der Waals surface area (Å²) in [5.41, 5.74) is 5.23. The van der Waals surface area contributed by atoms with E-state index in [1.165, 1.54) is 11.8 Å². The molecular weight excluding hydrogens is 238 g/mol. The smallest absolute Gasteiger partial charge is 0.321 e. The number of carboxylic acids is 1. The van der Waals surface area contributed by atoms with E-state index in [9.17, 15) is 9.90 Å². The molecule has 17 heavy (non-hydrogen) atoms. The van der Waals surface area contributed by atoms with Crippen LogP contribution in [0, 0.1) is 0 Å². The van der Waals surface area contributed by atoms with E-state index < -0.39 is 17.6 Å². The number of aliphatic hydroxyl groups is 1. The summed E-state index contributed by atoms with van der Waals surface area (Å²) in [4.78, 5) is 10.5. The lowest BCUT2D eigenvalue weighted by Crippen LogP contribution is -2.34. The van der Waals surface area contributed by atoms with Crippen molar-refractivity contribution in [2.24, 2.45) is 5.73 Å². The molecule has 1 aromatic rings. The van der Waals surface area contributed by atoms with Crippen molar-refractivity contribution < 1.29 is 15.0 Å². The molecule has 0 aliphatic rings. The van der Waals surface area contributed by atoms with Gasteiger partial charge in [-0.2, -0.15) is 11.8 Å². The quantitative estimate of drug-likeness (QED) is 0.707. The van der Waals surface area contributed by atoms with Gasteiger partial charge in [-0.1, -0.05) is 30.3 Å². The van der Waals surface area contributed by atoms with Gasteiger partial charge in [0.05, 0.1) is 5.60 Å². The van der Waals surface area contributed by atoms with Crippen molar-refractivity contribution in [3.63, 3.8) is 0 Å². The van der Waals surface area contributed by atoms with Crippen molar-refractivity contribution in [1.82, 2.24) is 0 Å². The molecule has 0 spiro atoms. The molecule has 2 unspecified atom stereocenters. The SMILES string of the molecule is CC(O)(CSCC(N)C(=O)O)c1ccccc1. The summed E-state index contributed by atoms with van der Waals surface area (Å²) in [6.07, 6.45) is 0. The molecular formula is C12H17NO3S. The van der Waals surface area contributed by atoms with Gasteiger partial charge in [0, 0.05) is 11.5 Å². The third kappa shape index (κ3) is 4.38. The lowest BCUT2D eigenvalue weighted by atomic mass is 9.99. The third-order valence-electron chi connectivity index (χ3n) is 2.39. The highest BCUT2D eigenvalue weighted by Gasteiger charge is 2.23. The number of benzene rings is 1. The number of rotatable bonds is 6. The third-order valence-corrected chi connectivity index (χ3v) is 3.75. The van der Waals surface area contributed by atoms with Crippen LogP contribution in [0.2, 0.25) is 0 Å². The molecule has 4 N–H and O–H groups in total. The van der Waals surface area contributed by atoms with Crippen molar-refractivity contribution in [3.8, 4) is 0 Å².